The highest BCUT2D eigenvalue weighted by molar-refractivity contribution is 5.92. The largest absolute Gasteiger partial charge is 0.454 e. The van der Waals surface area contributed by atoms with Crippen LogP contribution in [-0.4, -0.2) is 17.7 Å². The van der Waals surface area contributed by atoms with Gasteiger partial charge in [-0.15, -0.1) is 0 Å². The first-order valence-corrected chi connectivity index (χ1v) is 9.62. The monoisotopic (exact) mass is 389 g/mol. The van der Waals surface area contributed by atoms with Gasteiger partial charge in [0.2, 0.25) is 6.79 Å². The second-order valence-corrected chi connectivity index (χ2v) is 6.89. The lowest BCUT2D eigenvalue weighted by Gasteiger charge is -2.14. The number of carbonyl (C=O) groups is 1. The van der Waals surface area contributed by atoms with Gasteiger partial charge in [0.05, 0.1) is 11.9 Å². The molecule has 2 heterocycles. The van der Waals surface area contributed by atoms with Crippen molar-refractivity contribution in [1.82, 2.24) is 10.3 Å². The summed E-state index contributed by atoms with van der Waals surface area (Å²) in [5.41, 5.74) is 5.67. The number of amides is 1. The van der Waals surface area contributed by atoms with Crippen molar-refractivity contribution >= 4 is 17.3 Å². The zero-order valence-electron chi connectivity index (χ0n) is 16.5. The Kier molecular flexibility index (Phi) is 5.33. The van der Waals surface area contributed by atoms with Gasteiger partial charge in [0.1, 0.15) is 5.69 Å². The number of carbonyl (C=O) groups excluding carboxylic acids is 1. The van der Waals surface area contributed by atoms with Crippen LogP contribution in [0.2, 0.25) is 0 Å². The van der Waals surface area contributed by atoms with Crippen molar-refractivity contribution in [2.24, 2.45) is 0 Å². The van der Waals surface area contributed by atoms with Gasteiger partial charge in [-0.3, -0.25) is 4.79 Å². The summed E-state index contributed by atoms with van der Waals surface area (Å²) >= 11 is 0. The van der Waals surface area contributed by atoms with E-state index in [2.05, 4.69) is 47.7 Å². The standard InChI is InChI=1S/C23H23N3O3/c1-3-17-6-4-5-15(2)22(17)26-18-8-9-19(24-13-18)23(27)25-12-16-7-10-20-21(11-16)29-14-28-20/h4-11,13,26H,3,12,14H2,1-2H3,(H,25,27). The number of benzene rings is 2. The Morgan fingerprint density at radius 3 is 2.76 bits per heavy atom. The topological polar surface area (TPSA) is 72.5 Å². The Labute approximate surface area is 169 Å². The molecular weight excluding hydrogens is 366 g/mol. The Morgan fingerprint density at radius 2 is 1.97 bits per heavy atom. The fraction of sp³-hybridized carbons (Fsp3) is 0.217. The number of pyridine rings is 1. The fourth-order valence-electron chi connectivity index (χ4n) is 3.27. The van der Waals surface area contributed by atoms with E-state index in [9.17, 15) is 4.79 Å². The number of fused-ring (bicyclic) bond motifs is 1. The third kappa shape index (κ3) is 4.16. The quantitative estimate of drug-likeness (QED) is 0.656. The summed E-state index contributed by atoms with van der Waals surface area (Å²) < 4.78 is 10.7. The molecular formula is C23H23N3O3. The number of rotatable bonds is 6. The molecule has 2 aromatic carbocycles. The van der Waals surface area contributed by atoms with E-state index in [0.29, 0.717) is 18.0 Å². The molecule has 2 N–H and O–H groups in total. The maximum atomic E-state index is 12.4. The van der Waals surface area contributed by atoms with Crippen molar-refractivity contribution in [3.63, 3.8) is 0 Å². The zero-order valence-corrected chi connectivity index (χ0v) is 16.5. The maximum Gasteiger partial charge on any atom is 0.270 e. The predicted molar refractivity (Wildman–Crippen MR) is 112 cm³/mol. The van der Waals surface area contributed by atoms with Gasteiger partial charge in [-0.05, 0) is 54.3 Å². The molecule has 0 bridgehead atoms. The van der Waals surface area contributed by atoms with Gasteiger partial charge in [0, 0.05) is 12.2 Å². The molecule has 6 nitrogen and oxygen atoms in total. The Hall–Kier alpha value is -3.54. The average Bonchev–Trinajstić information content (AvgIpc) is 3.22. The second-order valence-electron chi connectivity index (χ2n) is 6.89. The third-order valence-electron chi connectivity index (χ3n) is 4.90. The van der Waals surface area contributed by atoms with Crippen LogP contribution in [-0.2, 0) is 13.0 Å². The molecule has 0 saturated carbocycles. The van der Waals surface area contributed by atoms with E-state index in [1.165, 1.54) is 11.1 Å². The first-order chi connectivity index (χ1) is 14.1. The van der Waals surface area contributed by atoms with Crippen molar-refractivity contribution in [2.45, 2.75) is 26.8 Å². The Morgan fingerprint density at radius 1 is 1.10 bits per heavy atom. The van der Waals surface area contributed by atoms with Crippen LogP contribution in [0.15, 0.2) is 54.7 Å². The highest BCUT2D eigenvalue weighted by atomic mass is 16.7. The number of nitrogens with zero attached hydrogens (tertiary/aromatic N) is 1. The number of hydrogen-bond donors (Lipinski definition) is 2. The van der Waals surface area contributed by atoms with Gasteiger partial charge < -0.3 is 20.1 Å². The van der Waals surface area contributed by atoms with E-state index in [0.717, 1.165) is 29.1 Å². The van der Waals surface area contributed by atoms with Gasteiger partial charge in [0.15, 0.2) is 11.5 Å². The van der Waals surface area contributed by atoms with Gasteiger partial charge in [0.25, 0.3) is 5.91 Å². The minimum atomic E-state index is -0.223. The molecule has 0 radical (unpaired) electrons. The molecule has 0 atom stereocenters. The van der Waals surface area contributed by atoms with E-state index in [4.69, 9.17) is 9.47 Å². The number of aromatic nitrogens is 1. The molecule has 0 fully saturated rings. The lowest BCUT2D eigenvalue weighted by Crippen LogP contribution is -2.23. The summed E-state index contributed by atoms with van der Waals surface area (Å²) in [5, 5.41) is 6.30. The van der Waals surface area contributed by atoms with E-state index in [1.807, 2.05) is 24.3 Å². The summed E-state index contributed by atoms with van der Waals surface area (Å²) in [6.07, 6.45) is 2.62. The van der Waals surface area contributed by atoms with Crippen molar-refractivity contribution in [3.05, 3.63) is 77.1 Å². The molecule has 6 heteroatoms. The average molecular weight is 389 g/mol. The first-order valence-electron chi connectivity index (χ1n) is 9.62. The van der Waals surface area contributed by atoms with Crippen LogP contribution >= 0.6 is 0 Å². The SMILES string of the molecule is CCc1cccc(C)c1Nc1ccc(C(=O)NCc2ccc3c(c2)OCO3)nc1. The molecule has 29 heavy (non-hydrogen) atoms. The molecule has 0 saturated heterocycles. The molecule has 148 valence electrons. The Bertz CT molecular complexity index is 1030. The van der Waals surface area contributed by atoms with E-state index >= 15 is 0 Å². The maximum absolute atomic E-state index is 12.4. The molecule has 1 aromatic heterocycles. The lowest BCUT2D eigenvalue weighted by atomic mass is 10.1. The van der Waals surface area contributed by atoms with Crippen molar-refractivity contribution in [1.29, 1.82) is 0 Å². The summed E-state index contributed by atoms with van der Waals surface area (Å²) in [6, 6.07) is 15.5. The number of aryl methyl sites for hydroxylation is 2. The number of hydrogen-bond acceptors (Lipinski definition) is 5. The summed E-state index contributed by atoms with van der Waals surface area (Å²) in [4.78, 5) is 16.7. The molecule has 4 rings (SSSR count). The number of nitrogens with one attached hydrogen (secondary N) is 2. The number of ether oxygens (including phenoxy) is 2. The van der Waals surface area contributed by atoms with Crippen LogP contribution in [0, 0.1) is 6.92 Å². The van der Waals surface area contributed by atoms with Gasteiger partial charge in [-0.1, -0.05) is 31.2 Å². The number of para-hydroxylation sites is 1. The van der Waals surface area contributed by atoms with Gasteiger partial charge in [-0.2, -0.15) is 0 Å². The van der Waals surface area contributed by atoms with Crippen LogP contribution < -0.4 is 20.1 Å². The summed E-state index contributed by atoms with van der Waals surface area (Å²) in [5.74, 6) is 1.21. The minimum Gasteiger partial charge on any atom is -0.454 e. The highest BCUT2D eigenvalue weighted by Crippen LogP contribution is 2.32. The molecule has 0 spiro atoms. The normalized spacial score (nSPS) is 11.9. The second kappa shape index (κ2) is 8.22. The van der Waals surface area contributed by atoms with Gasteiger partial charge >= 0.3 is 0 Å². The molecule has 0 unspecified atom stereocenters. The zero-order chi connectivity index (χ0) is 20.2. The van der Waals surface area contributed by atoms with Crippen LogP contribution in [0.5, 0.6) is 11.5 Å². The fourth-order valence-corrected chi connectivity index (χ4v) is 3.27. The van der Waals surface area contributed by atoms with Crippen LogP contribution in [0.3, 0.4) is 0 Å². The number of anilines is 2. The van der Waals surface area contributed by atoms with Crippen molar-refractivity contribution in [3.8, 4) is 11.5 Å². The summed E-state index contributed by atoms with van der Waals surface area (Å²) in [6.45, 7) is 4.83. The molecule has 1 aliphatic heterocycles. The first kappa shape index (κ1) is 18.8. The van der Waals surface area contributed by atoms with E-state index in [1.54, 1.807) is 12.3 Å². The summed E-state index contributed by atoms with van der Waals surface area (Å²) in [7, 11) is 0. The molecule has 1 amide bonds. The molecule has 3 aromatic rings. The van der Waals surface area contributed by atoms with Crippen molar-refractivity contribution in [2.75, 3.05) is 12.1 Å². The van der Waals surface area contributed by atoms with E-state index in [-0.39, 0.29) is 12.7 Å². The van der Waals surface area contributed by atoms with Crippen LogP contribution in [0.25, 0.3) is 0 Å². The third-order valence-corrected chi connectivity index (χ3v) is 4.90. The van der Waals surface area contributed by atoms with Gasteiger partial charge in [-0.25, -0.2) is 4.98 Å². The predicted octanol–water partition coefficient (Wildman–Crippen LogP) is 4.35. The minimum absolute atomic E-state index is 0.223. The van der Waals surface area contributed by atoms with E-state index < -0.39 is 0 Å². The highest BCUT2D eigenvalue weighted by Gasteiger charge is 2.14. The smallest absolute Gasteiger partial charge is 0.270 e. The Balaban J connectivity index is 1.39. The van der Waals surface area contributed by atoms with Crippen molar-refractivity contribution < 1.29 is 14.3 Å². The van der Waals surface area contributed by atoms with Crippen LogP contribution in [0.1, 0.15) is 34.1 Å². The van der Waals surface area contributed by atoms with Crippen LogP contribution in [0.4, 0.5) is 11.4 Å². The lowest BCUT2D eigenvalue weighted by molar-refractivity contribution is 0.0946. The molecule has 0 aliphatic carbocycles. The molecule has 1 aliphatic rings.